The van der Waals surface area contributed by atoms with Gasteiger partial charge in [-0.1, -0.05) is 0 Å². The summed E-state index contributed by atoms with van der Waals surface area (Å²) in [5.74, 6) is -0.615. The molecular formula is C10H8BrN3O2S. The Morgan fingerprint density at radius 2 is 2.29 bits per heavy atom. The summed E-state index contributed by atoms with van der Waals surface area (Å²) in [6, 6.07) is 0. The molecule has 0 atom stereocenters. The number of aromatic nitrogens is 3. The van der Waals surface area contributed by atoms with Gasteiger partial charge in [0.15, 0.2) is 5.69 Å². The highest BCUT2D eigenvalue weighted by Crippen LogP contribution is 2.16. The molecule has 2 aromatic rings. The summed E-state index contributed by atoms with van der Waals surface area (Å²) >= 11 is 4.61. The average molecular weight is 314 g/mol. The third kappa shape index (κ3) is 2.86. The number of carbonyl (C=O) groups is 1. The summed E-state index contributed by atoms with van der Waals surface area (Å²) in [6.45, 7) is 1.91. The van der Waals surface area contributed by atoms with Crippen LogP contribution in [0.2, 0.25) is 0 Å². The van der Waals surface area contributed by atoms with Gasteiger partial charge in [-0.15, -0.1) is 11.3 Å². The van der Waals surface area contributed by atoms with Crippen LogP contribution < -0.4 is 0 Å². The molecule has 88 valence electrons. The standard InChI is InChI=1S/C10H8BrN3O2S/c1-5-4-17-8(13-5)2-7-12-3-6(11)9(14-7)10(15)16/h3-4H,2H2,1H3,(H,15,16). The van der Waals surface area contributed by atoms with Crippen LogP contribution in [-0.4, -0.2) is 26.0 Å². The third-order valence-corrected chi connectivity index (χ3v) is 3.52. The molecule has 0 aliphatic carbocycles. The molecule has 0 amide bonds. The highest BCUT2D eigenvalue weighted by Gasteiger charge is 2.13. The summed E-state index contributed by atoms with van der Waals surface area (Å²) < 4.78 is 0.379. The Morgan fingerprint density at radius 3 is 2.88 bits per heavy atom. The number of hydrogen-bond donors (Lipinski definition) is 1. The molecule has 2 rings (SSSR count). The second kappa shape index (κ2) is 4.89. The van der Waals surface area contributed by atoms with E-state index in [1.54, 1.807) is 0 Å². The predicted octanol–water partition coefficient (Wildman–Crippen LogP) is 2.29. The van der Waals surface area contributed by atoms with Gasteiger partial charge >= 0.3 is 5.97 Å². The highest BCUT2D eigenvalue weighted by molar-refractivity contribution is 9.10. The van der Waals surface area contributed by atoms with Crippen molar-refractivity contribution in [2.24, 2.45) is 0 Å². The lowest BCUT2D eigenvalue weighted by Crippen LogP contribution is -2.06. The Balaban J connectivity index is 2.28. The molecule has 0 saturated carbocycles. The van der Waals surface area contributed by atoms with E-state index < -0.39 is 5.97 Å². The third-order valence-electron chi connectivity index (χ3n) is 1.97. The normalized spacial score (nSPS) is 10.5. The van der Waals surface area contributed by atoms with Gasteiger partial charge in [-0.2, -0.15) is 0 Å². The van der Waals surface area contributed by atoms with Crippen LogP contribution in [0.25, 0.3) is 0 Å². The minimum absolute atomic E-state index is 0.0247. The lowest BCUT2D eigenvalue weighted by atomic mass is 10.3. The predicted molar refractivity (Wildman–Crippen MR) is 66.3 cm³/mol. The van der Waals surface area contributed by atoms with Gasteiger partial charge in [0.25, 0.3) is 0 Å². The summed E-state index contributed by atoms with van der Waals surface area (Å²) in [6.07, 6.45) is 1.90. The molecule has 17 heavy (non-hydrogen) atoms. The molecule has 7 heteroatoms. The summed E-state index contributed by atoms with van der Waals surface area (Å²) in [5, 5.41) is 11.7. The van der Waals surface area contributed by atoms with Crippen LogP contribution in [0.5, 0.6) is 0 Å². The number of rotatable bonds is 3. The van der Waals surface area contributed by atoms with Crippen molar-refractivity contribution in [3.05, 3.63) is 38.3 Å². The van der Waals surface area contributed by atoms with Gasteiger partial charge in [-0.05, 0) is 22.9 Å². The van der Waals surface area contributed by atoms with Crippen LogP contribution in [0.15, 0.2) is 16.0 Å². The molecule has 0 aliphatic rings. The number of carboxylic acid groups (broad SMARTS) is 1. The number of aryl methyl sites for hydroxylation is 1. The van der Waals surface area contributed by atoms with Crippen molar-refractivity contribution in [1.82, 2.24) is 15.0 Å². The van der Waals surface area contributed by atoms with Gasteiger partial charge in [-0.25, -0.2) is 19.7 Å². The Hall–Kier alpha value is -1.34. The first-order valence-corrected chi connectivity index (χ1v) is 6.39. The molecule has 2 heterocycles. The van der Waals surface area contributed by atoms with Crippen molar-refractivity contribution in [2.45, 2.75) is 13.3 Å². The number of aromatic carboxylic acids is 1. The van der Waals surface area contributed by atoms with Crippen molar-refractivity contribution in [2.75, 3.05) is 0 Å². The maximum absolute atomic E-state index is 10.9. The van der Waals surface area contributed by atoms with Crippen LogP contribution in [-0.2, 0) is 6.42 Å². The molecule has 0 spiro atoms. The quantitative estimate of drug-likeness (QED) is 0.940. The van der Waals surface area contributed by atoms with Gasteiger partial charge < -0.3 is 5.11 Å². The average Bonchev–Trinajstić information content (AvgIpc) is 2.66. The molecule has 1 N–H and O–H groups in total. The van der Waals surface area contributed by atoms with Crippen LogP contribution in [0.3, 0.4) is 0 Å². The fourth-order valence-corrected chi connectivity index (χ4v) is 2.39. The van der Waals surface area contributed by atoms with Gasteiger partial charge in [0, 0.05) is 17.3 Å². The Morgan fingerprint density at radius 1 is 1.53 bits per heavy atom. The fraction of sp³-hybridized carbons (Fsp3) is 0.200. The van der Waals surface area contributed by atoms with Crippen molar-refractivity contribution in [1.29, 1.82) is 0 Å². The van der Waals surface area contributed by atoms with Crippen molar-refractivity contribution in [3.8, 4) is 0 Å². The van der Waals surface area contributed by atoms with Crippen molar-refractivity contribution < 1.29 is 9.90 Å². The number of halogens is 1. The number of thiazole rings is 1. The lowest BCUT2D eigenvalue weighted by Gasteiger charge is -2.00. The van der Waals surface area contributed by atoms with Crippen LogP contribution in [0.1, 0.15) is 27.0 Å². The molecule has 0 aromatic carbocycles. The molecule has 0 aliphatic heterocycles. The van der Waals surface area contributed by atoms with Gasteiger partial charge in [0.05, 0.1) is 10.9 Å². The zero-order valence-corrected chi connectivity index (χ0v) is 11.2. The minimum atomic E-state index is -1.07. The number of hydrogen-bond acceptors (Lipinski definition) is 5. The number of carboxylic acids is 1. The molecular weight excluding hydrogens is 306 g/mol. The molecule has 0 radical (unpaired) electrons. The Kier molecular flexibility index (Phi) is 3.49. The van der Waals surface area contributed by atoms with Crippen molar-refractivity contribution in [3.63, 3.8) is 0 Å². The first-order valence-electron chi connectivity index (χ1n) is 4.72. The molecule has 2 aromatic heterocycles. The largest absolute Gasteiger partial charge is 0.476 e. The van der Waals surface area contributed by atoms with Gasteiger partial charge in [0.2, 0.25) is 0 Å². The smallest absolute Gasteiger partial charge is 0.355 e. The topological polar surface area (TPSA) is 76.0 Å². The maximum Gasteiger partial charge on any atom is 0.355 e. The second-order valence-electron chi connectivity index (χ2n) is 3.35. The van der Waals surface area contributed by atoms with E-state index in [1.807, 2.05) is 12.3 Å². The van der Waals surface area contributed by atoms with Crippen LogP contribution >= 0.6 is 27.3 Å². The van der Waals surface area contributed by atoms with Crippen molar-refractivity contribution >= 4 is 33.2 Å². The van der Waals surface area contributed by atoms with E-state index in [-0.39, 0.29) is 5.69 Å². The zero-order chi connectivity index (χ0) is 12.4. The molecule has 0 saturated heterocycles. The molecule has 0 unspecified atom stereocenters. The summed E-state index contributed by atoms with van der Waals surface area (Å²) in [5.41, 5.74) is 0.920. The van der Waals surface area contributed by atoms with E-state index in [4.69, 9.17) is 5.11 Å². The van der Waals surface area contributed by atoms with Crippen LogP contribution in [0.4, 0.5) is 0 Å². The van der Waals surface area contributed by atoms with E-state index in [0.29, 0.717) is 16.7 Å². The Labute approximate surface area is 110 Å². The van der Waals surface area contributed by atoms with E-state index in [9.17, 15) is 4.79 Å². The van der Waals surface area contributed by atoms with E-state index in [1.165, 1.54) is 17.5 Å². The first kappa shape index (κ1) is 12.1. The van der Waals surface area contributed by atoms with Gasteiger partial charge in [-0.3, -0.25) is 0 Å². The second-order valence-corrected chi connectivity index (χ2v) is 5.14. The fourth-order valence-electron chi connectivity index (χ4n) is 1.26. The summed E-state index contributed by atoms with van der Waals surface area (Å²) in [7, 11) is 0. The zero-order valence-electron chi connectivity index (χ0n) is 8.85. The van der Waals surface area contributed by atoms with Gasteiger partial charge in [0.1, 0.15) is 10.8 Å². The Bertz CT molecular complexity index is 570. The maximum atomic E-state index is 10.9. The first-order chi connectivity index (χ1) is 8.06. The minimum Gasteiger partial charge on any atom is -0.476 e. The monoisotopic (exact) mass is 313 g/mol. The SMILES string of the molecule is Cc1csc(Cc2ncc(Br)c(C(=O)O)n2)n1. The molecule has 0 bridgehead atoms. The van der Waals surface area contributed by atoms with E-state index in [2.05, 4.69) is 30.9 Å². The highest BCUT2D eigenvalue weighted by atomic mass is 79.9. The summed E-state index contributed by atoms with van der Waals surface area (Å²) in [4.78, 5) is 23.2. The van der Waals surface area contributed by atoms with Crippen LogP contribution in [0, 0.1) is 6.92 Å². The molecule has 0 fully saturated rings. The number of nitrogens with zero attached hydrogens (tertiary/aromatic N) is 3. The van der Waals surface area contributed by atoms with E-state index in [0.717, 1.165) is 10.7 Å². The van der Waals surface area contributed by atoms with E-state index >= 15 is 0 Å². The molecule has 5 nitrogen and oxygen atoms in total. The lowest BCUT2D eigenvalue weighted by molar-refractivity contribution is 0.0688.